The number of hydrogen-bond acceptors (Lipinski definition) is 9. The van der Waals surface area contributed by atoms with Gasteiger partial charge in [-0.15, -0.1) is 0 Å². The molecule has 10 nitrogen and oxygen atoms in total. The summed E-state index contributed by atoms with van der Waals surface area (Å²) in [6.07, 6.45) is -1.55. The molecule has 14 heteroatoms. The Bertz CT molecular complexity index is 1990. The first-order chi connectivity index (χ1) is 27.2. The maximum atomic E-state index is 14.4. The monoisotopic (exact) mass is 880 g/mol. The third-order valence-electron chi connectivity index (χ3n) is 12.8. The minimum atomic E-state index is -4.00. The van der Waals surface area contributed by atoms with E-state index in [9.17, 15) is 8.42 Å². The lowest BCUT2D eigenvalue weighted by molar-refractivity contribution is -0.0810. The van der Waals surface area contributed by atoms with Crippen LogP contribution in [0.5, 0.6) is 0 Å². The molecule has 3 aromatic carbocycles. The zero-order valence-electron chi connectivity index (χ0n) is 38.6. The van der Waals surface area contributed by atoms with Crippen LogP contribution in [0.3, 0.4) is 0 Å². The molecule has 0 fully saturated rings. The van der Waals surface area contributed by atoms with Crippen LogP contribution in [0.2, 0.25) is 41.3 Å². The second-order valence-electron chi connectivity index (χ2n) is 20.3. The zero-order valence-corrected chi connectivity index (χ0v) is 42.4. The summed E-state index contributed by atoms with van der Waals surface area (Å²) < 4.78 is 59.0. The summed E-state index contributed by atoms with van der Waals surface area (Å²) in [6.45, 7) is 33.4. The number of para-hydroxylation sites is 1. The molecule has 0 aliphatic carbocycles. The molecule has 0 amide bonds. The lowest BCUT2D eigenvalue weighted by Crippen LogP contribution is -2.67. The molecule has 0 radical (unpaired) electrons. The fourth-order valence-electron chi connectivity index (χ4n) is 7.37. The van der Waals surface area contributed by atoms with E-state index in [2.05, 4.69) is 159 Å². The van der Waals surface area contributed by atoms with Crippen molar-refractivity contribution in [2.45, 2.75) is 141 Å². The van der Waals surface area contributed by atoms with Crippen LogP contribution in [0.1, 0.15) is 76.2 Å². The molecule has 0 saturated heterocycles. The van der Waals surface area contributed by atoms with Gasteiger partial charge in [-0.25, -0.2) is 8.42 Å². The third-order valence-corrected chi connectivity index (χ3v) is 28.6. The summed E-state index contributed by atoms with van der Waals surface area (Å²) in [7, 11) is -10.2. The van der Waals surface area contributed by atoms with Crippen LogP contribution in [0.4, 0.5) is 0 Å². The van der Waals surface area contributed by atoms with Gasteiger partial charge in [-0.3, -0.25) is 0 Å². The fourth-order valence-corrected chi connectivity index (χ4v) is 16.4. The maximum absolute atomic E-state index is 14.4. The number of benzene rings is 3. The van der Waals surface area contributed by atoms with Crippen molar-refractivity contribution in [1.29, 1.82) is 0 Å². The molecular formula is C45H72N4O6SSi3. The molecule has 5 atom stereocenters. The van der Waals surface area contributed by atoms with E-state index in [-0.39, 0.29) is 38.5 Å². The van der Waals surface area contributed by atoms with Crippen molar-refractivity contribution in [2.24, 2.45) is 11.8 Å². The highest BCUT2D eigenvalue weighted by Crippen LogP contribution is 2.44. The van der Waals surface area contributed by atoms with Crippen molar-refractivity contribution in [3.8, 4) is 5.69 Å². The van der Waals surface area contributed by atoms with E-state index in [1.165, 1.54) is 15.1 Å². The van der Waals surface area contributed by atoms with E-state index in [0.717, 1.165) is 0 Å². The van der Waals surface area contributed by atoms with Gasteiger partial charge in [0.2, 0.25) is 9.84 Å². The van der Waals surface area contributed by atoms with E-state index >= 15 is 0 Å². The quantitative estimate of drug-likeness (QED) is 0.0904. The molecule has 4 rings (SSSR count). The second kappa shape index (κ2) is 18.6. The zero-order chi connectivity index (χ0) is 44.2. The van der Waals surface area contributed by atoms with Crippen LogP contribution >= 0.6 is 0 Å². The molecule has 0 N–H and O–H groups in total. The number of methoxy groups -OCH3 is 1. The first-order valence-corrected chi connectivity index (χ1v) is 30.3. The Morgan fingerprint density at radius 1 is 0.661 bits per heavy atom. The van der Waals surface area contributed by atoms with Gasteiger partial charge in [-0.05, 0) is 80.2 Å². The van der Waals surface area contributed by atoms with Crippen LogP contribution in [0, 0.1) is 11.8 Å². The number of sulfone groups is 1. The molecule has 0 aliphatic rings. The summed E-state index contributed by atoms with van der Waals surface area (Å²) in [5.41, 5.74) is 0.567. The Hall–Kier alpha value is -2.83. The van der Waals surface area contributed by atoms with E-state index in [1.54, 1.807) is 19.2 Å². The van der Waals surface area contributed by atoms with Crippen molar-refractivity contribution in [3.63, 3.8) is 0 Å². The molecule has 0 bridgehead atoms. The van der Waals surface area contributed by atoms with Crippen molar-refractivity contribution in [1.82, 2.24) is 20.2 Å². The van der Waals surface area contributed by atoms with Gasteiger partial charge in [0, 0.05) is 13.0 Å². The van der Waals surface area contributed by atoms with E-state index < -0.39 is 59.0 Å². The number of tetrazole rings is 1. The van der Waals surface area contributed by atoms with Crippen LogP contribution in [-0.2, 0) is 27.9 Å². The summed E-state index contributed by atoms with van der Waals surface area (Å²) in [6, 6.07) is 30.3. The van der Waals surface area contributed by atoms with Gasteiger partial charge in [0.25, 0.3) is 13.5 Å². The molecule has 0 spiro atoms. The largest absolute Gasteiger partial charge is 0.413 e. The van der Waals surface area contributed by atoms with Gasteiger partial charge in [0.1, 0.15) is 6.10 Å². The number of rotatable bonds is 18. The first kappa shape index (κ1) is 48.8. The van der Waals surface area contributed by atoms with Crippen molar-refractivity contribution in [2.75, 3.05) is 19.5 Å². The molecule has 1 heterocycles. The summed E-state index contributed by atoms with van der Waals surface area (Å²) in [5.74, 6) is -1.03. The summed E-state index contributed by atoms with van der Waals surface area (Å²) >= 11 is 0. The first-order valence-electron chi connectivity index (χ1n) is 20.9. The lowest BCUT2D eigenvalue weighted by atomic mass is 9.88. The maximum Gasteiger partial charge on any atom is 0.272 e. The number of ether oxygens (including phenoxy) is 1. The van der Waals surface area contributed by atoms with Crippen molar-refractivity contribution < 1.29 is 26.4 Å². The Kier molecular flexibility index (Phi) is 15.4. The highest BCUT2D eigenvalue weighted by atomic mass is 32.2. The van der Waals surface area contributed by atoms with Crippen LogP contribution in [0.25, 0.3) is 5.69 Å². The fraction of sp³-hybridized carbons (Fsp3) is 0.578. The van der Waals surface area contributed by atoms with E-state index in [1.807, 2.05) is 37.3 Å². The topological polar surface area (TPSA) is 115 Å². The molecule has 0 aliphatic heterocycles. The van der Waals surface area contributed by atoms with Gasteiger partial charge in [-0.1, -0.05) is 160 Å². The van der Waals surface area contributed by atoms with Crippen LogP contribution in [-0.4, -0.2) is 91.4 Å². The normalized spacial score (nSPS) is 16.3. The molecule has 0 saturated carbocycles. The minimum absolute atomic E-state index is 0.124. The molecule has 0 unspecified atom stereocenters. The summed E-state index contributed by atoms with van der Waals surface area (Å²) in [4.78, 5) is 0. The van der Waals surface area contributed by atoms with Crippen LogP contribution < -0.4 is 10.4 Å². The van der Waals surface area contributed by atoms with Gasteiger partial charge < -0.3 is 18.0 Å². The Morgan fingerprint density at radius 2 is 1.10 bits per heavy atom. The van der Waals surface area contributed by atoms with Crippen LogP contribution in [0.15, 0.2) is 96.2 Å². The van der Waals surface area contributed by atoms with Gasteiger partial charge in [-0.2, -0.15) is 4.68 Å². The Morgan fingerprint density at radius 3 is 1.53 bits per heavy atom. The van der Waals surface area contributed by atoms with Gasteiger partial charge >= 0.3 is 0 Å². The molecule has 1 aromatic heterocycles. The minimum Gasteiger partial charge on any atom is -0.413 e. The van der Waals surface area contributed by atoms with E-state index in [0.29, 0.717) is 5.69 Å². The van der Waals surface area contributed by atoms with Crippen molar-refractivity contribution >= 4 is 45.2 Å². The predicted octanol–water partition coefficient (Wildman–Crippen LogP) is 9.08. The van der Waals surface area contributed by atoms with Gasteiger partial charge in [0.05, 0.1) is 30.3 Å². The number of aromatic nitrogens is 4. The average molecular weight is 881 g/mol. The molecule has 4 aromatic rings. The standard InChI is InChI=1S/C45H72N4O6SSi3/c1-34(33-56(50,51)42-46-47-48-49(42)36-26-20-17-21-27-36)40(54-57(13,14)43(3,4)5)35(2)41(55-58(15,16)44(6,7)8)39(52-12)32-53-59(45(9,10)11,37-28-22-18-23-29-37)38-30-24-19-25-31-38/h17-31,34-35,39-41H,32-33H2,1-16H3/t34-,35+,39-,40-,41-/m0/s1. The lowest BCUT2D eigenvalue weighted by Gasteiger charge is -2.49. The van der Waals surface area contributed by atoms with Crippen molar-refractivity contribution in [3.05, 3.63) is 91.0 Å². The van der Waals surface area contributed by atoms with E-state index in [4.69, 9.17) is 18.0 Å². The highest BCUT2D eigenvalue weighted by Gasteiger charge is 2.52. The Balaban J connectivity index is 1.85. The third kappa shape index (κ3) is 11.0. The molecule has 326 valence electrons. The number of hydrogen-bond donors (Lipinski definition) is 0. The van der Waals surface area contributed by atoms with Gasteiger partial charge in [0.15, 0.2) is 16.6 Å². The highest BCUT2D eigenvalue weighted by molar-refractivity contribution is 7.91. The number of nitrogens with zero attached hydrogens (tertiary/aromatic N) is 4. The predicted molar refractivity (Wildman–Crippen MR) is 248 cm³/mol. The summed E-state index contributed by atoms with van der Waals surface area (Å²) in [5, 5.41) is 13.5. The average Bonchev–Trinajstić information content (AvgIpc) is 3.66. The smallest absolute Gasteiger partial charge is 0.272 e. The molecular weight excluding hydrogens is 809 g/mol. The Labute approximate surface area is 359 Å². The molecule has 59 heavy (non-hydrogen) atoms. The SMILES string of the molecule is CO[C@@H](CO[Si](c1ccccc1)(c1ccccc1)C(C)(C)C)[C@@H](O[Si](C)(C)C(C)(C)C)[C@H](C)[C@@H](O[Si](C)(C)C(C)(C)C)[C@@H](C)CS(=O)(=O)c1nnnn1-c1ccccc1. The second-order valence-corrected chi connectivity index (χ2v) is 36.0.